The first-order valence-corrected chi connectivity index (χ1v) is 10.1. The summed E-state index contributed by atoms with van der Waals surface area (Å²) >= 11 is 11.8. The van der Waals surface area contributed by atoms with Crippen molar-refractivity contribution in [2.45, 2.75) is 19.5 Å². The Morgan fingerprint density at radius 3 is 1.62 bits per heavy atom. The molecule has 0 aliphatic carbocycles. The van der Waals surface area contributed by atoms with E-state index in [4.69, 9.17) is 33.0 Å². The fourth-order valence-electron chi connectivity index (χ4n) is 2.41. The minimum absolute atomic E-state index is 0.106. The zero-order valence-corrected chi connectivity index (χ0v) is 15.5. The van der Waals surface area contributed by atoms with Gasteiger partial charge in [-0.1, -0.05) is 47.5 Å². The highest BCUT2D eigenvalue weighted by Gasteiger charge is 2.14. The smallest absolute Gasteiger partial charge is 0.324 e. The Morgan fingerprint density at radius 1 is 0.833 bits per heavy atom. The molecule has 0 amide bonds. The van der Waals surface area contributed by atoms with E-state index in [0.29, 0.717) is 36.1 Å². The van der Waals surface area contributed by atoms with Gasteiger partial charge >= 0.3 is 7.60 Å². The number of nitrogens with zero attached hydrogens (tertiary/aromatic N) is 1. The van der Waals surface area contributed by atoms with Gasteiger partial charge < -0.3 is 9.79 Å². The highest BCUT2D eigenvalue weighted by molar-refractivity contribution is 7.51. The zero-order valence-electron chi connectivity index (χ0n) is 13.1. The van der Waals surface area contributed by atoms with Crippen LogP contribution in [0.25, 0.3) is 0 Å². The number of benzene rings is 2. The molecule has 0 radical (unpaired) electrons. The van der Waals surface area contributed by atoms with Crippen LogP contribution in [0.15, 0.2) is 48.5 Å². The lowest BCUT2D eigenvalue weighted by Crippen LogP contribution is -2.24. The van der Waals surface area contributed by atoms with E-state index in [1.54, 1.807) is 0 Å². The van der Waals surface area contributed by atoms with Gasteiger partial charge in [0.05, 0.1) is 6.16 Å². The third-order valence-corrected chi connectivity index (χ3v) is 4.97. The molecule has 0 spiro atoms. The second kappa shape index (κ2) is 9.00. The number of hydrogen-bond donors (Lipinski definition) is 2. The third-order valence-electron chi connectivity index (χ3n) is 3.56. The van der Waals surface area contributed by atoms with Crippen LogP contribution in [0.3, 0.4) is 0 Å². The van der Waals surface area contributed by atoms with E-state index in [1.807, 2.05) is 48.5 Å². The van der Waals surface area contributed by atoms with Crippen molar-refractivity contribution >= 4 is 30.8 Å². The fraction of sp³-hybridized carbons (Fsp3) is 0.294. The second-order valence-corrected chi connectivity index (χ2v) is 8.35. The fourth-order valence-corrected chi connectivity index (χ4v) is 3.22. The van der Waals surface area contributed by atoms with Crippen LogP contribution in [0.2, 0.25) is 10.0 Å². The topological polar surface area (TPSA) is 60.8 Å². The van der Waals surface area contributed by atoms with E-state index in [2.05, 4.69) is 4.90 Å². The summed E-state index contributed by atoms with van der Waals surface area (Å²) in [6.45, 7) is 1.96. The van der Waals surface area contributed by atoms with Crippen LogP contribution in [0.1, 0.15) is 17.5 Å². The number of halogens is 2. The Kier molecular flexibility index (Phi) is 7.30. The van der Waals surface area contributed by atoms with Crippen LogP contribution in [-0.4, -0.2) is 27.4 Å². The lowest BCUT2D eigenvalue weighted by Gasteiger charge is -2.23. The maximum Gasteiger partial charge on any atom is 0.325 e. The quantitative estimate of drug-likeness (QED) is 0.651. The molecule has 0 fully saturated rings. The summed E-state index contributed by atoms with van der Waals surface area (Å²) in [4.78, 5) is 20.2. The van der Waals surface area contributed by atoms with Crippen molar-refractivity contribution in [3.05, 3.63) is 69.7 Å². The molecule has 24 heavy (non-hydrogen) atoms. The molecule has 0 saturated carbocycles. The van der Waals surface area contributed by atoms with E-state index >= 15 is 0 Å². The predicted octanol–water partition coefficient (Wildman–Crippen LogP) is 4.56. The number of rotatable bonds is 8. The average molecular weight is 388 g/mol. The first kappa shape index (κ1) is 19.5. The number of hydrogen-bond acceptors (Lipinski definition) is 2. The maximum atomic E-state index is 11.1. The van der Waals surface area contributed by atoms with Crippen molar-refractivity contribution in [3.8, 4) is 0 Å². The van der Waals surface area contributed by atoms with Crippen LogP contribution in [0, 0.1) is 0 Å². The molecule has 2 aromatic carbocycles. The molecule has 0 aromatic heterocycles. The van der Waals surface area contributed by atoms with Gasteiger partial charge in [-0.05, 0) is 48.4 Å². The van der Waals surface area contributed by atoms with Gasteiger partial charge in [-0.3, -0.25) is 9.46 Å². The van der Waals surface area contributed by atoms with E-state index in [-0.39, 0.29) is 6.16 Å². The molecule has 2 aromatic rings. The summed E-state index contributed by atoms with van der Waals surface area (Å²) in [6, 6.07) is 15.2. The Morgan fingerprint density at radius 2 is 1.25 bits per heavy atom. The molecule has 0 aliphatic rings. The monoisotopic (exact) mass is 387 g/mol. The standard InChI is InChI=1S/C17H20Cl2NO3P/c18-16-6-2-14(3-7-16)12-20(10-1-11-24(21,22)23)13-15-4-8-17(19)9-5-15/h2-9H,1,10-13H2,(H2,21,22,23). The predicted molar refractivity (Wildman–Crippen MR) is 98.5 cm³/mol. The first-order chi connectivity index (χ1) is 11.3. The largest absolute Gasteiger partial charge is 0.325 e. The van der Waals surface area contributed by atoms with Crippen LogP contribution in [-0.2, 0) is 17.7 Å². The summed E-state index contributed by atoms with van der Waals surface area (Å²) in [5.41, 5.74) is 2.20. The lowest BCUT2D eigenvalue weighted by atomic mass is 10.1. The molecule has 7 heteroatoms. The molecule has 0 heterocycles. The Balaban J connectivity index is 2.03. The second-order valence-electron chi connectivity index (χ2n) is 5.71. The molecule has 0 bridgehead atoms. The summed E-state index contributed by atoms with van der Waals surface area (Å²) in [6.07, 6.45) is 0.330. The first-order valence-electron chi connectivity index (χ1n) is 7.58. The van der Waals surface area contributed by atoms with Gasteiger partial charge in [-0.15, -0.1) is 0 Å². The molecule has 0 unspecified atom stereocenters. The van der Waals surface area contributed by atoms with Gasteiger partial charge in [0.2, 0.25) is 0 Å². The van der Waals surface area contributed by atoms with Gasteiger partial charge in [0, 0.05) is 23.1 Å². The Labute approximate surface area is 152 Å². The molecule has 130 valence electrons. The minimum atomic E-state index is -3.96. The Bertz CT molecular complexity index is 638. The van der Waals surface area contributed by atoms with E-state index in [1.165, 1.54) is 0 Å². The molecule has 0 saturated heterocycles. The van der Waals surface area contributed by atoms with Crippen molar-refractivity contribution in [1.29, 1.82) is 0 Å². The average Bonchev–Trinajstić information content (AvgIpc) is 2.50. The van der Waals surface area contributed by atoms with E-state index in [9.17, 15) is 4.57 Å². The van der Waals surface area contributed by atoms with Crippen LogP contribution >= 0.6 is 30.8 Å². The molecular formula is C17H20Cl2NO3P. The molecule has 2 rings (SSSR count). The normalized spacial score (nSPS) is 11.9. The van der Waals surface area contributed by atoms with Gasteiger partial charge in [0.1, 0.15) is 0 Å². The van der Waals surface area contributed by atoms with Gasteiger partial charge in [-0.25, -0.2) is 0 Å². The van der Waals surface area contributed by atoms with Crippen molar-refractivity contribution in [2.75, 3.05) is 12.7 Å². The summed E-state index contributed by atoms with van der Waals surface area (Å²) < 4.78 is 11.1. The molecule has 2 N–H and O–H groups in total. The summed E-state index contributed by atoms with van der Waals surface area (Å²) in [7, 11) is -3.96. The van der Waals surface area contributed by atoms with Gasteiger partial charge in [-0.2, -0.15) is 0 Å². The summed E-state index contributed by atoms with van der Waals surface area (Å²) in [5, 5.41) is 1.37. The lowest BCUT2D eigenvalue weighted by molar-refractivity contribution is 0.255. The molecule has 4 nitrogen and oxygen atoms in total. The van der Waals surface area contributed by atoms with Crippen LogP contribution < -0.4 is 0 Å². The van der Waals surface area contributed by atoms with Crippen LogP contribution in [0.5, 0.6) is 0 Å². The minimum Gasteiger partial charge on any atom is -0.324 e. The molecule has 0 aliphatic heterocycles. The van der Waals surface area contributed by atoms with Crippen molar-refractivity contribution in [2.24, 2.45) is 0 Å². The molecule has 0 atom stereocenters. The van der Waals surface area contributed by atoms with Crippen molar-refractivity contribution < 1.29 is 14.4 Å². The SMILES string of the molecule is O=P(O)(O)CCCN(Cc1ccc(Cl)cc1)Cc1ccc(Cl)cc1. The van der Waals surface area contributed by atoms with Crippen LogP contribution in [0.4, 0.5) is 0 Å². The highest BCUT2D eigenvalue weighted by atomic mass is 35.5. The highest BCUT2D eigenvalue weighted by Crippen LogP contribution is 2.34. The van der Waals surface area contributed by atoms with E-state index in [0.717, 1.165) is 11.1 Å². The maximum absolute atomic E-state index is 11.1. The Hall–Kier alpha value is -0.870. The van der Waals surface area contributed by atoms with Crippen molar-refractivity contribution in [3.63, 3.8) is 0 Å². The van der Waals surface area contributed by atoms with Crippen molar-refractivity contribution in [1.82, 2.24) is 4.90 Å². The van der Waals surface area contributed by atoms with E-state index < -0.39 is 7.60 Å². The summed E-state index contributed by atoms with van der Waals surface area (Å²) in [5.74, 6) is 0. The zero-order chi connectivity index (χ0) is 17.6. The molecular weight excluding hydrogens is 368 g/mol. The third kappa shape index (κ3) is 7.35. The van der Waals surface area contributed by atoms with Gasteiger partial charge in [0.25, 0.3) is 0 Å². The van der Waals surface area contributed by atoms with Gasteiger partial charge in [0.15, 0.2) is 0 Å².